The molecule has 12 heteroatoms. The maximum Gasteiger partial charge on any atom is 0.239 e. The first-order valence-corrected chi connectivity index (χ1v) is 9.64. The van der Waals surface area contributed by atoms with Crippen LogP contribution in [0, 0.1) is 0 Å². The molecule has 3 aromatic rings. The summed E-state index contributed by atoms with van der Waals surface area (Å²) in [5.74, 6) is -4.84. The van der Waals surface area contributed by atoms with Crippen molar-refractivity contribution >= 4 is 11.0 Å². The molecule has 1 saturated heterocycles. The van der Waals surface area contributed by atoms with Gasteiger partial charge in [-0.05, 0) is 25.1 Å². The third-order valence-corrected chi connectivity index (χ3v) is 5.35. The number of benzene rings is 2. The van der Waals surface area contributed by atoms with Crippen molar-refractivity contribution in [2.75, 3.05) is 0 Å². The fourth-order valence-electron chi connectivity index (χ4n) is 3.48. The van der Waals surface area contributed by atoms with Gasteiger partial charge in [-0.2, -0.15) is 0 Å². The monoisotopic (exact) mass is 464 g/mol. The van der Waals surface area contributed by atoms with Gasteiger partial charge in [0.2, 0.25) is 23.2 Å². The molecule has 0 radical (unpaired) electrons. The molecule has 1 fully saturated rings. The Morgan fingerprint density at radius 1 is 0.848 bits per heavy atom. The summed E-state index contributed by atoms with van der Waals surface area (Å²) in [7, 11) is 0. The van der Waals surface area contributed by atoms with Gasteiger partial charge in [0.05, 0.1) is 6.10 Å². The first-order chi connectivity index (χ1) is 15.5. The summed E-state index contributed by atoms with van der Waals surface area (Å²) in [5.41, 5.74) is -1.42. The number of ether oxygens (including phenoxy) is 2. The van der Waals surface area contributed by atoms with Crippen LogP contribution in [0.15, 0.2) is 33.5 Å². The average Bonchev–Trinajstić information content (AvgIpc) is 2.77. The molecule has 4 rings (SSSR count). The predicted molar refractivity (Wildman–Crippen MR) is 109 cm³/mol. The largest absolute Gasteiger partial charge is 0.504 e. The van der Waals surface area contributed by atoms with Crippen LogP contribution in [0.25, 0.3) is 22.3 Å². The van der Waals surface area contributed by atoms with Gasteiger partial charge in [0.25, 0.3) is 0 Å². The van der Waals surface area contributed by atoms with Gasteiger partial charge in [0.15, 0.2) is 28.8 Å². The van der Waals surface area contributed by atoms with E-state index in [2.05, 4.69) is 0 Å². The second kappa shape index (κ2) is 8.01. The van der Waals surface area contributed by atoms with Crippen molar-refractivity contribution < 1.29 is 54.7 Å². The van der Waals surface area contributed by atoms with Gasteiger partial charge in [-0.3, -0.25) is 4.79 Å². The Morgan fingerprint density at radius 3 is 2.21 bits per heavy atom. The minimum Gasteiger partial charge on any atom is -0.504 e. The van der Waals surface area contributed by atoms with Crippen LogP contribution in [0.5, 0.6) is 34.5 Å². The van der Waals surface area contributed by atoms with E-state index in [1.54, 1.807) is 0 Å². The van der Waals surface area contributed by atoms with Gasteiger partial charge in [0, 0.05) is 11.6 Å². The summed E-state index contributed by atoms with van der Waals surface area (Å²) < 4.78 is 16.5. The molecule has 0 spiro atoms. The highest BCUT2D eigenvalue weighted by Gasteiger charge is 2.44. The van der Waals surface area contributed by atoms with Gasteiger partial charge >= 0.3 is 0 Å². The van der Waals surface area contributed by atoms with Gasteiger partial charge in [-0.1, -0.05) is 0 Å². The zero-order chi connectivity index (χ0) is 24.2. The number of hydrogen-bond acceptors (Lipinski definition) is 12. The number of phenolic OH excluding ortho intramolecular Hbond substituents is 5. The molecule has 1 aliphatic heterocycles. The van der Waals surface area contributed by atoms with Crippen molar-refractivity contribution in [2.24, 2.45) is 0 Å². The highest BCUT2D eigenvalue weighted by atomic mass is 16.7. The Kier molecular flexibility index (Phi) is 5.46. The van der Waals surface area contributed by atoms with E-state index >= 15 is 0 Å². The van der Waals surface area contributed by atoms with E-state index in [1.807, 2.05) is 0 Å². The van der Waals surface area contributed by atoms with E-state index in [1.165, 1.54) is 13.0 Å². The second-order valence-electron chi connectivity index (χ2n) is 7.56. The summed E-state index contributed by atoms with van der Waals surface area (Å²) in [5, 5.41) is 78.9. The number of aromatic hydroxyl groups is 5. The molecule has 0 aliphatic carbocycles. The predicted octanol–water partition coefficient (Wildman–Crippen LogP) is 0.194. The van der Waals surface area contributed by atoms with Crippen LogP contribution in [0.4, 0.5) is 0 Å². The molecular formula is C21H20O12. The molecule has 0 saturated carbocycles. The van der Waals surface area contributed by atoms with Crippen molar-refractivity contribution in [3.8, 4) is 45.8 Å². The molecule has 0 bridgehead atoms. The minimum absolute atomic E-state index is 0.00489. The maximum atomic E-state index is 13.3. The average molecular weight is 464 g/mol. The number of hydrogen-bond donors (Lipinski definition) is 8. The zero-order valence-electron chi connectivity index (χ0n) is 16.9. The van der Waals surface area contributed by atoms with E-state index in [4.69, 9.17) is 13.9 Å². The van der Waals surface area contributed by atoms with E-state index in [-0.39, 0.29) is 16.9 Å². The first-order valence-electron chi connectivity index (χ1n) is 9.64. The van der Waals surface area contributed by atoms with Crippen LogP contribution in [-0.4, -0.2) is 71.6 Å². The van der Waals surface area contributed by atoms with Crippen molar-refractivity contribution in [3.63, 3.8) is 0 Å². The molecule has 5 atom stereocenters. The van der Waals surface area contributed by atoms with Gasteiger partial charge in [0.1, 0.15) is 29.3 Å². The maximum absolute atomic E-state index is 13.3. The topological polar surface area (TPSA) is 211 Å². The molecule has 176 valence electrons. The third kappa shape index (κ3) is 3.64. The number of aliphatic hydroxyl groups excluding tert-OH is 3. The van der Waals surface area contributed by atoms with E-state index in [9.17, 15) is 45.6 Å². The minimum atomic E-state index is -1.80. The number of rotatable bonds is 3. The van der Waals surface area contributed by atoms with Crippen LogP contribution in [-0.2, 0) is 4.74 Å². The Morgan fingerprint density at radius 2 is 1.55 bits per heavy atom. The van der Waals surface area contributed by atoms with E-state index in [0.29, 0.717) is 0 Å². The normalized spacial score (nSPS) is 25.3. The molecule has 33 heavy (non-hydrogen) atoms. The quantitative estimate of drug-likeness (QED) is 0.244. The molecule has 8 N–H and O–H groups in total. The third-order valence-electron chi connectivity index (χ3n) is 5.35. The second-order valence-corrected chi connectivity index (χ2v) is 7.56. The summed E-state index contributed by atoms with van der Waals surface area (Å²) >= 11 is 0. The molecular weight excluding hydrogens is 444 g/mol. The summed E-state index contributed by atoms with van der Waals surface area (Å²) in [6, 6.07) is 4.25. The fourth-order valence-corrected chi connectivity index (χ4v) is 3.48. The lowest BCUT2D eigenvalue weighted by atomic mass is 10.00. The molecule has 1 unspecified atom stereocenters. The van der Waals surface area contributed by atoms with Gasteiger partial charge in [-0.25, -0.2) is 0 Å². The van der Waals surface area contributed by atoms with Crippen LogP contribution in [0.1, 0.15) is 6.92 Å². The SMILES string of the molecule is C[C@@H]1OC(Oc2c(-c3ccc(O)c(O)c3)oc3cc(O)c(O)c(O)c3c2=O)[C@H](O)[C@H](O)[C@H]1O. The van der Waals surface area contributed by atoms with Crippen LogP contribution in [0.2, 0.25) is 0 Å². The Labute approximate surface area is 184 Å². The Bertz CT molecular complexity index is 1280. The van der Waals surface area contributed by atoms with Gasteiger partial charge < -0.3 is 54.7 Å². The first kappa shape index (κ1) is 22.5. The molecule has 12 nitrogen and oxygen atoms in total. The van der Waals surface area contributed by atoms with E-state index < -0.39 is 76.0 Å². The lowest BCUT2D eigenvalue weighted by molar-refractivity contribution is -0.268. The molecule has 2 heterocycles. The molecule has 0 amide bonds. The summed E-state index contributed by atoms with van der Waals surface area (Å²) in [4.78, 5) is 13.3. The lowest BCUT2D eigenvalue weighted by Gasteiger charge is -2.38. The van der Waals surface area contributed by atoms with Crippen molar-refractivity contribution in [2.45, 2.75) is 37.6 Å². The van der Waals surface area contributed by atoms with Crippen LogP contribution in [0.3, 0.4) is 0 Å². The van der Waals surface area contributed by atoms with Crippen LogP contribution >= 0.6 is 0 Å². The fraction of sp³-hybridized carbons (Fsp3) is 0.286. The highest BCUT2D eigenvalue weighted by Crippen LogP contribution is 2.43. The Hall–Kier alpha value is -3.71. The highest BCUT2D eigenvalue weighted by molar-refractivity contribution is 5.91. The number of aliphatic hydroxyl groups is 3. The molecule has 2 aromatic carbocycles. The summed E-state index contributed by atoms with van der Waals surface area (Å²) in [6.45, 7) is 1.39. The standard InChI is InChI=1S/C21H20O12/c1-6-13(25)17(29)18(30)21(31-6)33-20-16(28)12-11(5-10(24)14(26)15(12)27)32-19(20)7-2-3-8(22)9(23)4-7/h2-6,13,17-18,21-27,29-30H,1H3/t6-,13-,17+,18+,21?/m0/s1. The Balaban J connectivity index is 1.95. The smallest absolute Gasteiger partial charge is 0.239 e. The lowest BCUT2D eigenvalue weighted by Crippen LogP contribution is -2.58. The summed E-state index contributed by atoms with van der Waals surface area (Å²) in [6.07, 6.45) is -7.59. The number of fused-ring (bicyclic) bond motifs is 1. The van der Waals surface area contributed by atoms with Gasteiger partial charge in [-0.15, -0.1) is 0 Å². The number of phenols is 5. The van der Waals surface area contributed by atoms with Crippen molar-refractivity contribution in [1.29, 1.82) is 0 Å². The van der Waals surface area contributed by atoms with Crippen LogP contribution < -0.4 is 10.2 Å². The van der Waals surface area contributed by atoms with Crippen molar-refractivity contribution in [1.82, 2.24) is 0 Å². The zero-order valence-corrected chi connectivity index (χ0v) is 16.9. The van der Waals surface area contributed by atoms with Crippen molar-refractivity contribution in [3.05, 3.63) is 34.5 Å². The molecule has 1 aliphatic rings. The van der Waals surface area contributed by atoms with E-state index in [0.717, 1.165) is 18.2 Å². The molecule has 1 aromatic heterocycles.